The van der Waals surface area contributed by atoms with Crippen LogP contribution in [0.25, 0.3) is 0 Å². The van der Waals surface area contributed by atoms with Gasteiger partial charge in [0.15, 0.2) is 0 Å². The molecule has 2 aromatic carbocycles. The second kappa shape index (κ2) is 8.36. The summed E-state index contributed by atoms with van der Waals surface area (Å²) in [5, 5.41) is 2.95. The fourth-order valence-electron chi connectivity index (χ4n) is 2.69. The lowest BCUT2D eigenvalue weighted by atomic mass is 10.1. The quantitative estimate of drug-likeness (QED) is 0.768. The summed E-state index contributed by atoms with van der Waals surface area (Å²) in [4.78, 5) is 12.6. The molecule has 0 aliphatic rings. The molecular formula is C20H26N2O3S. The van der Waals surface area contributed by atoms with Crippen molar-refractivity contribution >= 4 is 21.6 Å². The smallest absolute Gasteiger partial charge is 0.262 e. The van der Waals surface area contributed by atoms with E-state index >= 15 is 0 Å². The van der Waals surface area contributed by atoms with Gasteiger partial charge in [0.2, 0.25) is 0 Å². The highest BCUT2D eigenvalue weighted by Gasteiger charge is 2.18. The third-order valence-electron chi connectivity index (χ3n) is 4.33. The molecule has 0 aliphatic heterocycles. The van der Waals surface area contributed by atoms with Crippen LogP contribution in [0.1, 0.15) is 48.2 Å². The van der Waals surface area contributed by atoms with Gasteiger partial charge >= 0.3 is 0 Å². The Morgan fingerprint density at radius 1 is 1.04 bits per heavy atom. The van der Waals surface area contributed by atoms with Crippen LogP contribution in [0.15, 0.2) is 47.4 Å². The maximum atomic E-state index is 12.7. The number of aryl methyl sites for hydroxylation is 2. The van der Waals surface area contributed by atoms with E-state index < -0.39 is 10.0 Å². The second-order valence-corrected chi connectivity index (χ2v) is 8.09. The lowest BCUT2D eigenvalue weighted by Gasteiger charge is -2.15. The molecule has 0 radical (unpaired) electrons. The van der Waals surface area contributed by atoms with E-state index in [2.05, 4.69) is 10.0 Å². The third kappa shape index (κ3) is 4.85. The Hall–Kier alpha value is -2.34. The second-order valence-electron chi connectivity index (χ2n) is 6.44. The number of amides is 1. The van der Waals surface area contributed by atoms with Crippen molar-refractivity contribution in [2.24, 2.45) is 0 Å². The maximum absolute atomic E-state index is 12.7. The Bertz CT molecular complexity index is 888. The van der Waals surface area contributed by atoms with Crippen LogP contribution in [0.3, 0.4) is 0 Å². The Balaban J connectivity index is 2.25. The van der Waals surface area contributed by atoms with Crippen molar-refractivity contribution in [3.05, 3.63) is 59.2 Å². The van der Waals surface area contributed by atoms with Gasteiger partial charge < -0.3 is 5.32 Å². The van der Waals surface area contributed by atoms with E-state index in [1.165, 1.54) is 0 Å². The normalized spacial score (nSPS) is 11.4. The van der Waals surface area contributed by atoms with Crippen molar-refractivity contribution in [3.8, 4) is 0 Å². The van der Waals surface area contributed by atoms with E-state index in [9.17, 15) is 13.2 Å². The molecule has 0 aromatic heterocycles. The average Bonchev–Trinajstić information content (AvgIpc) is 2.61. The van der Waals surface area contributed by atoms with Crippen molar-refractivity contribution in [2.45, 2.75) is 51.5 Å². The Morgan fingerprint density at radius 3 is 2.38 bits per heavy atom. The molecule has 5 nitrogen and oxygen atoms in total. The van der Waals surface area contributed by atoms with Gasteiger partial charge in [-0.05, 0) is 62.1 Å². The van der Waals surface area contributed by atoms with Crippen LogP contribution in [-0.4, -0.2) is 20.4 Å². The molecule has 0 saturated carbocycles. The van der Waals surface area contributed by atoms with E-state index in [0.717, 1.165) is 18.4 Å². The molecule has 0 heterocycles. The third-order valence-corrected chi connectivity index (χ3v) is 5.85. The summed E-state index contributed by atoms with van der Waals surface area (Å²) >= 11 is 0. The Labute approximate surface area is 155 Å². The lowest BCUT2D eigenvalue weighted by Crippen LogP contribution is -2.33. The first-order valence-corrected chi connectivity index (χ1v) is 10.3. The van der Waals surface area contributed by atoms with Gasteiger partial charge in [0.25, 0.3) is 15.9 Å². The molecule has 0 aliphatic carbocycles. The SMILES string of the molecule is CCC(CC)NC(=O)c1cccc(NS(=O)(=O)c2cc(C)ccc2C)c1. The summed E-state index contributed by atoms with van der Waals surface area (Å²) in [5.74, 6) is -0.202. The summed E-state index contributed by atoms with van der Waals surface area (Å²) in [7, 11) is -3.72. The van der Waals surface area contributed by atoms with Gasteiger partial charge in [0.1, 0.15) is 0 Å². The van der Waals surface area contributed by atoms with E-state index in [4.69, 9.17) is 0 Å². The molecule has 2 aromatic rings. The molecule has 0 fully saturated rings. The number of sulfonamides is 1. The van der Waals surface area contributed by atoms with Crippen molar-refractivity contribution in [3.63, 3.8) is 0 Å². The van der Waals surface area contributed by atoms with Gasteiger partial charge in [0, 0.05) is 17.3 Å². The largest absolute Gasteiger partial charge is 0.349 e. The number of rotatable bonds is 7. The molecule has 0 spiro atoms. The lowest BCUT2D eigenvalue weighted by molar-refractivity contribution is 0.0935. The number of carbonyl (C=O) groups excluding carboxylic acids is 1. The predicted molar refractivity (Wildman–Crippen MR) is 105 cm³/mol. The number of hydrogen-bond acceptors (Lipinski definition) is 3. The van der Waals surface area contributed by atoms with E-state index in [1.807, 2.05) is 26.8 Å². The molecule has 26 heavy (non-hydrogen) atoms. The maximum Gasteiger partial charge on any atom is 0.262 e. The fraction of sp³-hybridized carbons (Fsp3) is 0.350. The van der Waals surface area contributed by atoms with E-state index in [-0.39, 0.29) is 16.8 Å². The van der Waals surface area contributed by atoms with E-state index in [1.54, 1.807) is 43.3 Å². The van der Waals surface area contributed by atoms with Gasteiger partial charge in [0.05, 0.1) is 4.90 Å². The minimum Gasteiger partial charge on any atom is -0.349 e. The first-order valence-electron chi connectivity index (χ1n) is 8.77. The number of carbonyl (C=O) groups is 1. The van der Waals surface area contributed by atoms with Crippen molar-refractivity contribution < 1.29 is 13.2 Å². The van der Waals surface area contributed by atoms with Gasteiger partial charge in [-0.25, -0.2) is 8.42 Å². The highest BCUT2D eigenvalue weighted by molar-refractivity contribution is 7.92. The minimum absolute atomic E-state index is 0.109. The van der Waals surface area contributed by atoms with Crippen LogP contribution in [0, 0.1) is 13.8 Å². The number of hydrogen-bond donors (Lipinski definition) is 2. The first kappa shape index (κ1) is 20.0. The van der Waals surface area contributed by atoms with Gasteiger partial charge in [-0.2, -0.15) is 0 Å². The van der Waals surface area contributed by atoms with Crippen molar-refractivity contribution in [2.75, 3.05) is 4.72 Å². The minimum atomic E-state index is -3.72. The standard InChI is InChI=1S/C20H26N2O3S/c1-5-17(6-2)21-20(23)16-8-7-9-18(13-16)22-26(24,25)19-12-14(3)10-11-15(19)4/h7-13,17,22H,5-6H2,1-4H3,(H,21,23). The van der Waals surface area contributed by atoms with Gasteiger partial charge in [-0.3, -0.25) is 9.52 Å². The molecule has 0 bridgehead atoms. The average molecular weight is 375 g/mol. The molecule has 2 rings (SSSR count). The molecule has 0 atom stereocenters. The van der Waals surface area contributed by atoms with Crippen LogP contribution in [0.2, 0.25) is 0 Å². The number of benzene rings is 2. The van der Waals surface area contributed by atoms with Crippen LogP contribution >= 0.6 is 0 Å². The van der Waals surface area contributed by atoms with Crippen molar-refractivity contribution in [1.29, 1.82) is 0 Å². The first-order chi connectivity index (χ1) is 12.3. The van der Waals surface area contributed by atoms with Crippen LogP contribution in [0.4, 0.5) is 5.69 Å². The Morgan fingerprint density at radius 2 is 1.73 bits per heavy atom. The fourth-order valence-corrected chi connectivity index (χ4v) is 4.07. The number of anilines is 1. The van der Waals surface area contributed by atoms with Crippen molar-refractivity contribution in [1.82, 2.24) is 5.32 Å². The summed E-state index contributed by atoms with van der Waals surface area (Å²) in [5.41, 5.74) is 2.33. The molecule has 0 unspecified atom stereocenters. The zero-order chi connectivity index (χ0) is 19.3. The zero-order valence-corrected chi connectivity index (χ0v) is 16.5. The zero-order valence-electron chi connectivity index (χ0n) is 15.7. The molecule has 0 saturated heterocycles. The number of nitrogens with one attached hydrogen (secondary N) is 2. The molecular weight excluding hydrogens is 348 g/mol. The highest BCUT2D eigenvalue weighted by atomic mass is 32.2. The van der Waals surface area contributed by atoms with E-state index in [0.29, 0.717) is 16.8 Å². The molecule has 140 valence electrons. The molecule has 1 amide bonds. The van der Waals surface area contributed by atoms with Crippen LogP contribution < -0.4 is 10.0 Å². The van der Waals surface area contributed by atoms with Crippen LogP contribution in [-0.2, 0) is 10.0 Å². The summed E-state index contributed by atoms with van der Waals surface area (Å²) in [6.07, 6.45) is 1.70. The van der Waals surface area contributed by atoms with Gasteiger partial charge in [-0.1, -0.05) is 32.0 Å². The van der Waals surface area contributed by atoms with Crippen LogP contribution in [0.5, 0.6) is 0 Å². The summed E-state index contributed by atoms with van der Waals surface area (Å²) < 4.78 is 28.0. The Kier molecular flexibility index (Phi) is 6.42. The summed E-state index contributed by atoms with van der Waals surface area (Å²) in [6, 6.07) is 11.9. The monoisotopic (exact) mass is 374 g/mol. The van der Waals surface area contributed by atoms with Gasteiger partial charge in [-0.15, -0.1) is 0 Å². The molecule has 6 heteroatoms. The molecule has 2 N–H and O–H groups in total. The predicted octanol–water partition coefficient (Wildman–Crippen LogP) is 4.02. The topological polar surface area (TPSA) is 75.3 Å². The highest BCUT2D eigenvalue weighted by Crippen LogP contribution is 2.21. The summed E-state index contributed by atoms with van der Waals surface area (Å²) in [6.45, 7) is 7.64.